The SMILES string of the molecule is Cc1cccc(CN(C)CC(=O)OC(C)C)c1. The number of hydrogen-bond donors (Lipinski definition) is 0. The molecule has 3 heteroatoms. The molecule has 0 heterocycles. The van der Waals surface area contributed by atoms with Crippen LogP contribution in [-0.4, -0.2) is 30.6 Å². The van der Waals surface area contributed by atoms with Crippen LogP contribution in [0.15, 0.2) is 24.3 Å². The van der Waals surface area contributed by atoms with Crippen LogP contribution in [0, 0.1) is 6.92 Å². The summed E-state index contributed by atoms with van der Waals surface area (Å²) in [6, 6.07) is 8.29. The molecular weight excluding hydrogens is 214 g/mol. The third-order valence-electron chi connectivity index (χ3n) is 2.30. The molecule has 0 saturated heterocycles. The van der Waals surface area contributed by atoms with Crippen molar-refractivity contribution in [3.63, 3.8) is 0 Å². The van der Waals surface area contributed by atoms with E-state index in [9.17, 15) is 4.79 Å². The van der Waals surface area contributed by atoms with Gasteiger partial charge in [-0.1, -0.05) is 29.8 Å². The van der Waals surface area contributed by atoms with Crippen molar-refractivity contribution >= 4 is 5.97 Å². The van der Waals surface area contributed by atoms with Crippen LogP contribution in [0.25, 0.3) is 0 Å². The molecule has 17 heavy (non-hydrogen) atoms. The highest BCUT2D eigenvalue weighted by molar-refractivity contribution is 5.71. The molecule has 0 aromatic heterocycles. The molecule has 0 fully saturated rings. The highest BCUT2D eigenvalue weighted by atomic mass is 16.5. The lowest BCUT2D eigenvalue weighted by Crippen LogP contribution is -2.28. The average Bonchev–Trinajstić information content (AvgIpc) is 2.14. The van der Waals surface area contributed by atoms with Crippen LogP contribution >= 0.6 is 0 Å². The van der Waals surface area contributed by atoms with Crippen LogP contribution in [0.1, 0.15) is 25.0 Å². The minimum absolute atomic E-state index is 0.0464. The Morgan fingerprint density at radius 2 is 2.12 bits per heavy atom. The number of esters is 1. The van der Waals surface area contributed by atoms with Gasteiger partial charge in [-0.15, -0.1) is 0 Å². The third-order valence-corrected chi connectivity index (χ3v) is 2.30. The molecule has 0 saturated carbocycles. The smallest absolute Gasteiger partial charge is 0.320 e. The van der Waals surface area contributed by atoms with Crippen LogP contribution < -0.4 is 0 Å². The van der Waals surface area contributed by atoms with Crippen LogP contribution in [-0.2, 0) is 16.1 Å². The summed E-state index contributed by atoms with van der Waals surface area (Å²) < 4.78 is 5.10. The molecule has 94 valence electrons. The van der Waals surface area contributed by atoms with E-state index in [0.29, 0.717) is 6.54 Å². The number of benzene rings is 1. The Labute approximate surface area is 103 Å². The molecule has 1 aromatic rings. The van der Waals surface area contributed by atoms with E-state index < -0.39 is 0 Å². The molecule has 0 aliphatic carbocycles. The summed E-state index contributed by atoms with van der Waals surface area (Å²) in [6.45, 7) is 6.87. The maximum atomic E-state index is 11.5. The van der Waals surface area contributed by atoms with E-state index in [-0.39, 0.29) is 12.1 Å². The zero-order chi connectivity index (χ0) is 12.8. The van der Waals surface area contributed by atoms with Gasteiger partial charge in [0.2, 0.25) is 0 Å². The van der Waals surface area contributed by atoms with Crippen molar-refractivity contribution in [3.05, 3.63) is 35.4 Å². The first-order valence-electron chi connectivity index (χ1n) is 5.91. The second-order valence-electron chi connectivity index (χ2n) is 4.70. The van der Waals surface area contributed by atoms with Gasteiger partial charge in [0, 0.05) is 6.54 Å². The van der Waals surface area contributed by atoms with Crippen LogP contribution in [0.2, 0.25) is 0 Å². The van der Waals surface area contributed by atoms with E-state index in [1.165, 1.54) is 11.1 Å². The fourth-order valence-corrected chi connectivity index (χ4v) is 1.70. The van der Waals surface area contributed by atoms with Gasteiger partial charge in [-0.3, -0.25) is 9.69 Å². The molecule has 0 bridgehead atoms. The van der Waals surface area contributed by atoms with Gasteiger partial charge in [0.15, 0.2) is 0 Å². The Morgan fingerprint density at radius 3 is 2.71 bits per heavy atom. The van der Waals surface area contributed by atoms with E-state index in [0.717, 1.165) is 6.54 Å². The lowest BCUT2D eigenvalue weighted by molar-refractivity contribution is -0.148. The highest BCUT2D eigenvalue weighted by Crippen LogP contribution is 2.06. The zero-order valence-electron chi connectivity index (χ0n) is 11.1. The average molecular weight is 235 g/mol. The second-order valence-corrected chi connectivity index (χ2v) is 4.70. The standard InChI is InChI=1S/C14H21NO2/c1-11(2)17-14(16)10-15(4)9-13-7-5-6-12(3)8-13/h5-8,11H,9-10H2,1-4H3. The molecule has 0 spiro atoms. The minimum atomic E-state index is -0.171. The molecule has 0 atom stereocenters. The Kier molecular flexibility index (Phi) is 5.16. The Bertz CT molecular complexity index is 374. The molecule has 0 N–H and O–H groups in total. The summed E-state index contributed by atoms with van der Waals surface area (Å²) in [6.07, 6.45) is -0.0464. The van der Waals surface area contributed by atoms with Crippen LogP contribution in [0.4, 0.5) is 0 Å². The summed E-state index contributed by atoms with van der Waals surface area (Å²) in [5.74, 6) is -0.171. The van der Waals surface area contributed by atoms with Crippen molar-refractivity contribution in [1.29, 1.82) is 0 Å². The van der Waals surface area contributed by atoms with Crippen molar-refractivity contribution in [2.24, 2.45) is 0 Å². The first kappa shape index (κ1) is 13.7. The number of nitrogens with zero attached hydrogens (tertiary/aromatic N) is 1. The number of carbonyl (C=O) groups excluding carboxylic acids is 1. The van der Waals surface area contributed by atoms with E-state index in [4.69, 9.17) is 4.74 Å². The third kappa shape index (κ3) is 5.50. The van der Waals surface area contributed by atoms with Gasteiger partial charge in [0.1, 0.15) is 0 Å². The van der Waals surface area contributed by atoms with E-state index in [1.807, 2.05) is 31.9 Å². The quantitative estimate of drug-likeness (QED) is 0.734. The Morgan fingerprint density at radius 1 is 1.41 bits per heavy atom. The predicted molar refractivity (Wildman–Crippen MR) is 68.7 cm³/mol. The monoisotopic (exact) mass is 235 g/mol. The largest absolute Gasteiger partial charge is 0.462 e. The fraction of sp³-hybridized carbons (Fsp3) is 0.500. The lowest BCUT2D eigenvalue weighted by atomic mass is 10.1. The molecule has 0 unspecified atom stereocenters. The van der Waals surface area contributed by atoms with E-state index >= 15 is 0 Å². The number of rotatable bonds is 5. The number of ether oxygens (including phenoxy) is 1. The van der Waals surface area contributed by atoms with E-state index in [2.05, 4.69) is 25.1 Å². The van der Waals surface area contributed by atoms with Gasteiger partial charge in [0.25, 0.3) is 0 Å². The molecule has 0 aliphatic rings. The Hall–Kier alpha value is -1.35. The van der Waals surface area contributed by atoms with Gasteiger partial charge >= 0.3 is 5.97 Å². The molecule has 0 aliphatic heterocycles. The van der Waals surface area contributed by atoms with Gasteiger partial charge in [0.05, 0.1) is 12.6 Å². The normalized spacial score (nSPS) is 10.9. The van der Waals surface area contributed by atoms with Gasteiger partial charge < -0.3 is 4.74 Å². The Balaban J connectivity index is 2.44. The summed E-state index contributed by atoms with van der Waals surface area (Å²) in [4.78, 5) is 13.4. The molecular formula is C14H21NO2. The predicted octanol–water partition coefficient (Wildman–Crippen LogP) is 2.38. The molecule has 3 nitrogen and oxygen atoms in total. The topological polar surface area (TPSA) is 29.5 Å². The first-order valence-corrected chi connectivity index (χ1v) is 5.91. The first-order chi connectivity index (χ1) is 7.97. The van der Waals surface area contributed by atoms with Gasteiger partial charge in [-0.05, 0) is 33.4 Å². The fourth-order valence-electron chi connectivity index (χ4n) is 1.70. The summed E-state index contributed by atoms with van der Waals surface area (Å²) in [7, 11) is 1.92. The number of carbonyl (C=O) groups is 1. The van der Waals surface area contributed by atoms with Crippen molar-refractivity contribution in [2.45, 2.75) is 33.4 Å². The van der Waals surface area contributed by atoms with Crippen molar-refractivity contribution in [2.75, 3.05) is 13.6 Å². The van der Waals surface area contributed by atoms with E-state index in [1.54, 1.807) is 0 Å². The minimum Gasteiger partial charge on any atom is -0.462 e. The van der Waals surface area contributed by atoms with Gasteiger partial charge in [-0.25, -0.2) is 0 Å². The number of likely N-dealkylation sites (N-methyl/N-ethyl adjacent to an activating group) is 1. The number of aryl methyl sites for hydroxylation is 1. The summed E-state index contributed by atoms with van der Waals surface area (Å²) in [5.41, 5.74) is 2.45. The zero-order valence-corrected chi connectivity index (χ0v) is 11.1. The van der Waals surface area contributed by atoms with Crippen molar-refractivity contribution < 1.29 is 9.53 Å². The molecule has 0 amide bonds. The van der Waals surface area contributed by atoms with Crippen molar-refractivity contribution in [3.8, 4) is 0 Å². The second kappa shape index (κ2) is 6.40. The van der Waals surface area contributed by atoms with Crippen LogP contribution in [0.5, 0.6) is 0 Å². The molecule has 1 aromatic carbocycles. The molecule has 1 rings (SSSR count). The molecule has 0 radical (unpaired) electrons. The maximum absolute atomic E-state index is 11.5. The highest BCUT2D eigenvalue weighted by Gasteiger charge is 2.09. The number of hydrogen-bond acceptors (Lipinski definition) is 3. The van der Waals surface area contributed by atoms with Crippen LogP contribution in [0.3, 0.4) is 0 Å². The summed E-state index contributed by atoms with van der Waals surface area (Å²) in [5, 5.41) is 0. The van der Waals surface area contributed by atoms with Gasteiger partial charge in [-0.2, -0.15) is 0 Å². The summed E-state index contributed by atoms with van der Waals surface area (Å²) >= 11 is 0. The lowest BCUT2D eigenvalue weighted by Gasteiger charge is -2.17. The van der Waals surface area contributed by atoms with Crippen molar-refractivity contribution in [1.82, 2.24) is 4.90 Å². The maximum Gasteiger partial charge on any atom is 0.320 e.